The summed E-state index contributed by atoms with van der Waals surface area (Å²) < 4.78 is 0. The van der Waals surface area contributed by atoms with Crippen LogP contribution in [0.2, 0.25) is 0 Å². The van der Waals surface area contributed by atoms with E-state index in [4.69, 9.17) is 0 Å². The number of nitrogens with one attached hydrogen (secondary N) is 1. The van der Waals surface area contributed by atoms with E-state index in [1.165, 1.54) is 12.8 Å². The maximum Gasteiger partial charge on any atom is 0.143 e. The molecule has 0 radical (unpaired) electrons. The average molecular weight is 198 g/mol. The van der Waals surface area contributed by atoms with Gasteiger partial charge in [0, 0.05) is 11.3 Å². The third kappa shape index (κ3) is 0.938. The van der Waals surface area contributed by atoms with Gasteiger partial charge >= 0.3 is 0 Å². The fourth-order valence-corrected chi connectivity index (χ4v) is 4.34. The molecule has 0 aromatic rings. The Morgan fingerprint density at radius 1 is 1.21 bits per heavy atom. The first-order valence-electron chi connectivity index (χ1n) is 5.95. The topological polar surface area (TPSA) is 32.1 Å². The molecule has 0 aromatic heterocycles. The first kappa shape index (κ1) is 10.4. The number of rotatable bonds is 1. The molecule has 2 heteroatoms. The largest absolute Gasteiger partial charge is 0.350 e. The number of likely N-dealkylation sites (N-methyl/N-ethyl adjacent to an activating group) is 1. The summed E-state index contributed by atoms with van der Waals surface area (Å²) >= 11 is 0. The minimum atomic E-state index is 0.486. The van der Waals surface area contributed by atoms with Crippen molar-refractivity contribution in [3.05, 3.63) is 0 Å². The molecule has 14 heavy (non-hydrogen) atoms. The highest BCUT2D eigenvalue weighted by Gasteiger charge is 2.69. The molecule has 2 nitrogen and oxygen atoms in total. The maximum absolute atomic E-state index is 4.47. The van der Waals surface area contributed by atoms with E-state index >= 15 is 0 Å². The van der Waals surface area contributed by atoms with Gasteiger partial charge in [0.25, 0.3) is 0 Å². The Morgan fingerprint density at radius 3 is 2.07 bits per heavy atom. The summed E-state index contributed by atoms with van der Waals surface area (Å²) in [5.41, 5.74) is 5.46. The molecular formula is C12H26N2+2. The molecule has 0 unspecified atom stereocenters. The van der Waals surface area contributed by atoms with Gasteiger partial charge in [0.05, 0.1) is 14.1 Å². The third-order valence-corrected chi connectivity index (χ3v) is 5.73. The summed E-state index contributed by atoms with van der Waals surface area (Å²) in [6.45, 7) is 7.39. The van der Waals surface area contributed by atoms with Gasteiger partial charge in [-0.1, -0.05) is 20.8 Å². The zero-order valence-electron chi connectivity index (χ0n) is 10.4. The molecule has 0 aliphatic heterocycles. The van der Waals surface area contributed by atoms with Gasteiger partial charge in [-0.3, -0.25) is 0 Å². The highest BCUT2D eigenvalue weighted by molar-refractivity contribution is 5.14. The van der Waals surface area contributed by atoms with Crippen molar-refractivity contribution >= 4 is 0 Å². The SMILES string of the molecule is C[NH+](C)[C@H]1[C@@H]([NH3+])[C@]2(C)CC[C@@H]1C2(C)C. The Kier molecular flexibility index (Phi) is 2.04. The van der Waals surface area contributed by atoms with Gasteiger partial charge in [-0.2, -0.15) is 0 Å². The fraction of sp³-hybridized carbons (Fsp3) is 1.00. The lowest BCUT2D eigenvalue weighted by atomic mass is 9.69. The van der Waals surface area contributed by atoms with E-state index in [0.29, 0.717) is 16.9 Å². The minimum Gasteiger partial charge on any atom is -0.350 e. The monoisotopic (exact) mass is 198 g/mol. The first-order valence-corrected chi connectivity index (χ1v) is 5.95. The predicted octanol–water partition coefficient (Wildman–Crippen LogP) is -0.434. The lowest BCUT2D eigenvalue weighted by molar-refractivity contribution is -0.902. The van der Waals surface area contributed by atoms with Gasteiger partial charge in [-0.05, 0) is 18.3 Å². The van der Waals surface area contributed by atoms with Crippen molar-refractivity contribution in [3.8, 4) is 0 Å². The van der Waals surface area contributed by atoms with Crippen LogP contribution in [0.4, 0.5) is 0 Å². The van der Waals surface area contributed by atoms with Crippen molar-refractivity contribution < 1.29 is 10.6 Å². The van der Waals surface area contributed by atoms with Crippen molar-refractivity contribution in [2.24, 2.45) is 16.7 Å². The number of hydrogen-bond acceptors (Lipinski definition) is 0. The molecule has 4 atom stereocenters. The molecule has 0 amide bonds. The lowest BCUT2D eigenvalue weighted by Gasteiger charge is -2.35. The van der Waals surface area contributed by atoms with Crippen LogP contribution in [0, 0.1) is 16.7 Å². The maximum atomic E-state index is 4.47. The van der Waals surface area contributed by atoms with E-state index in [1.807, 2.05) is 0 Å². The van der Waals surface area contributed by atoms with Crippen molar-refractivity contribution in [1.29, 1.82) is 0 Å². The van der Waals surface area contributed by atoms with E-state index in [-0.39, 0.29) is 0 Å². The smallest absolute Gasteiger partial charge is 0.143 e. The molecule has 2 bridgehead atoms. The molecule has 0 aromatic carbocycles. The summed E-state index contributed by atoms with van der Waals surface area (Å²) in [4.78, 5) is 1.60. The number of fused-ring (bicyclic) bond motifs is 2. The van der Waals surface area contributed by atoms with Gasteiger partial charge < -0.3 is 10.6 Å². The summed E-state index contributed by atoms with van der Waals surface area (Å²) in [5.74, 6) is 0.889. The van der Waals surface area contributed by atoms with Crippen LogP contribution in [0.25, 0.3) is 0 Å². The van der Waals surface area contributed by atoms with E-state index in [1.54, 1.807) is 4.90 Å². The quantitative estimate of drug-likeness (QED) is 0.573. The standard InChI is InChI=1S/C12H24N2/c1-11(2)8-6-7-12(11,3)10(13)9(8)14(4)5/h8-10H,6-7,13H2,1-5H3/p+2/t8-,9+,10+,12-/m0/s1. The van der Waals surface area contributed by atoms with E-state index < -0.39 is 0 Å². The zero-order chi connectivity index (χ0) is 10.7. The van der Waals surface area contributed by atoms with Gasteiger partial charge in [-0.15, -0.1) is 0 Å². The molecule has 2 aliphatic carbocycles. The zero-order valence-corrected chi connectivity index (χ0v) is 10.4. The van der Waals surface area contributed by atoms with Crippen molar-refractivity contribution in [2.75, 3.05) is 14.1 Å². The van der Waals surface area contributed by atoms with E-state index in [9.17, 15) is 0 Å². The average Bonchev–Trinajstić information content (AvgIpc) is 2.35. The Hall–Kier alpha value is -0.0800. The van der Waals surface area contributed by atoms with Crippen LogP contribution in [0.3, 0.4) is 0 Å². The summed E-state index contributed by atoms with van der Waals surface area (Å²) in [5, 5.41) is 0. The van der Waals surface area contributed by atoms with Gasteiger partial charge in [0.1, 0.15) is 12.1 Å². The second kappa shape index (κ2) is 2.73. The van der Waals surface area contributed by atoms with Gasteiger partial charge in [0.2, 0.25) is 0 Å². The molecule has 2 rings (SSSR count). The Bertz CT molecular complexity index is 247. The lowest BCUT2D eigenvalue weighted by Crippen LogP contribution is -3.14. The molecule has 0 spiro atoms. The molecule has 4 N–H and O–H groups in total. The van der Waals surface area contributed by atoms with Crippen molar-refractivity contribution in [2.45, 2.75) is 45.7 Å². The molecule has 2 aliphatic rings. The summed E-state index contributed by atoms with van der Waals surface area (Å²) in [6, 6.07) is 1.42. The van der Waals surface area contributed by atoms with Crippen LogP contribution in [0.15, 0.2) is 0 Å². The number of hydrogen-bond donors (Lipinski definition) is 2. The Labute approximate surface area is 87.8 Å². The fourth-order valence-electron chi connectivity index (χ4n) is 4.34. The minimum absolute atomic E-state index is 0.486. The molecule has 2 saturated carbocycles. The number of quaternary nitrogens is 2. The summed E-state index contributed by atoms with van der Waals surface area (Å²) in [7, 11) is 4.59. The van der Waals surface area contributed by atoms with Crippen LogP contribution in [-0.4, -0.2) is 26.2 Å². The van der Waals surface area contributed by atoms with E-state index in [0.717, 1.165) is 12.0 Å². The molecule has 2 fully saturated rings. The van der Waals surface area contributed by atoms with Crippen LogP contribution in [-0.2, 0) is 0 Å². The van der Waals surface area contributed by atoms with Crippen LogP contribution in [0.1, 0.15) is 33.6 Å². The second-order valence-electron chi connectivity index (χ2n) is 6.49. The summed E-state index contributed by atoms with van der Waals surface area (Å²) in [6.07, 6.45) is 2.81. The van der Waals surface area contributed by atoms with E-state index in [2.05, 4.69) is 40.6 Å². The molecule has 0 heterocycles. The normalized spacial score (nSPS) is 50.4. The Morgan fingerprint density at radius 2 is 1.79 bits per heavy atom. The molecule has 0 saturated heterocycles. The van der Waals surface area contributed by atoms with Crippen LogP contribution >= 0.6 is 0 Å². The van der Waals surface area contributed by atoms with Gasteiger partial charge in [-0.25, -0.2) is 0 Å². The van der Waals surface area contributed by atoms with Crippen molar-refractivity contribution in [1.82, 2.24) is 0 Å². The van der Waals surface area contributed by atoms with Crippen molar-refractivity contribution in [3.63, 3.8) is 0 Å². The Balaban J connectivity index is 2.39. The first-order chi connectivity index (χ1) is 6.32. The second-order valence-corrected chi connectivity index (χ2v) is 6.49. The van der Waals surface area contributed by atoms with Gasteiger partial charge in [0.15, 0.2) is 0 Å². The highest BCUT2D eigenvalue weighted by atomic mass is 15.2. The molecule has 82 valence electrons. The van der Waals surface area contributed by atoms with Crippen LogP contribution in [0.5, 0.6) is 0 Å². The third-order valence-electron chi connectivity index (χ3n) is 5.73. The molecular weight excluding hydrogens is 172 g/mol. The highest BCUT2D eigenvalue weighted by Crippen LogP contribution is 2.63. The predicted molar refractivity (Wildman–Crippen MR) is 57.9 cm³/mol. The van der Waals surface area contributed by atoms with Crippen LogP contribution < -0.4 is 10.6 Å².